The second-order valence-electron chi connectivity index (χ2n) is 4.98. The zero-order valence-corrected chi connectivity index (χ0v) is 11.5. The third kappa shape index (κ3) is 1.98. The van der Waals surface area contributed by atoms with Crippen LogP contribution in [-0.2, 0) is 0 Å². The molecule has 1 unspecified atom stereocenters. The smallest absolute Gasteiger partial charge is 0.266 e. The molecule has 2 aromatic rings. The second kappa shape index (κ2) is 4.49. The van der Waals surface area contributed by atoms with E-state index < -0.39 is 0 Å². The van der Waals surface area contributed by atoms with E-state index in [1.807, 2.05) is 11.8 Å². The molecule has 1 amide bonds. The number of benzene rings is 1. The molecule has 1 aliphatic heterocycles. The molecule has 0 spiro atoms. The third-order valence-electron chi connectivity index (χ3n) is 3.70. The maximum Gasteiger partial charge on any atom is 0.266 e. The van der Waals surface area contributed by atoms with Crippen molar-refractivity contribution in [2.24, 2.45) is 0 Å². The maximum absolute atomic E-state index is 13.2. The molecule has 3 rings (SSSR count). The monoisotopic (exact) mass is 278 g/mol. The standard InChI is InChI=1S/C14H15FN2OS/c1-8-3-2-6-17(8)14(18)13-12(16)10-7-9(15)4-5-11(10)19-13/h4-5,7-8H,2-3,6,16H2,1H3. The predicted octanol–water partition coefficient (Wildman–Crippen LogP) is 3.25. The number of hydrogen-bond acceptors (Lipinski definition) is 3. The number of nitrogens with zero attached hydrogens (tertiary/aromatic N) is 1. The van der Waals surface area contributed by atoms with Crippen LogP contribution in [0.2, 0.25) is 0 Å². The van der Waals surface area contributed by atoms with Crippen LogP contribution < -0.4 is 5.73 Å². The molecule has 5 heteroatoms. The summed E-state index contributed by atoms with van der Waals surface area (Å²) in [4.78, 5) is 14.9. The lowest BCUT2D eigenvalue weighted by Crippen LogP contribution is -2.33. The Bertz CT molecular complexity index is 652. The van der Waals surface area contributed by atoms with Gasteiger partial charge in [-0.2, -0.15) is 0 Å². The van der Waals surface area contributed by atoms with Gasteiger partial charge in [0.05, 0.1) is 5.69 Å². The van der Waals surface area contributed by atoms with E-state index in [-0.39, 0.29) is 17.8 Å². The number of nitrogen functional groups attached to an aromatic ring is 1. The molecule has 1 aliphatic rings. The van der Waals surface area contributed by atoms with E-state index in [1.165, 1.54) is 23.5 Å². The van der Waals surface area contributed by atoms with Gasteiger partial charge < -0.3 is 10.6 Å². The van der Waals surface area contributed by atoms with Crippen LogP contribution in [0.25, 0.3) is 10.1 Å². The van der Waals surface area contributed by atoms with Gasteiger partial charge >= 0.3 is 0 Å². The first-order valence-corrected chi connectivity index (χ1v) is 7.18. The highest BCUT2D eigenvalue weighted by molar-refractivity contribution is 7.21. The fraction of sp³-hybridized carbons (Fsp3) is 0.357. The molecule has 2 N–H and O–H groups in total. The summed E-state index contributed by atoms with van der Waals surface area (Å²) in [5.41, 5.74) is 6.42. The fourth-order valence-corrected chi connectivity index (χ4v) is 3.67. The Balaban J connectivity index is 2.05. The number of carbonyl (C=O) groups is 1. The highest BCUT2D eigenvalue weighted by Gasteiger charge is 2.29. The van der Waals surface area contributed by atoms with Gasteiger partial charge in [0.1, 0.15) is 10.7 Å². The van der Waals surface area contributed by atoms with Crippen LogP contribution in [0.1, 0.15) is 29.4 Å². The van der Waals surface area contributed by atoms with E-state index in [0.717, 1.165) is 24.1 Å². The number of amides is 1. The Morgan fingerprint density at radius 2 is 2.32 bits per heavy atom. The summed E-state index contributed by atoms with van der Waals surface area (Å²) in [6, 6.07) is 4.72. The number of likely N-dealkylation sites (tertiary alicyclic amines) is 1. The summed E-state index contributed by atoms with van der Waals surface area (Å²) >= 11 is 1.35. The van der Waals surface area contributed by atoms with Gasteiger partial charge in [-0.1, -0.05) is 0 Å². The molecule has 0 saturated carbocycles. The molecular formula is C14H15FN2OS. The van der Waals surface area contributed by atoms with Crippen molar-refractivity contribution in [1.82, 2.24) is 4.90 Å². The molecule has 1 aromatic carbocycles. The molecular weight excluding hydrogens is 263 g/mol. The number of carbonyl (C=O) groups excluding carboxylic acids is 1. The van der Waals surface area contributed by atoms with Crippen LogP contribution in [0.15, 0.2) is 18.2 Å². The quantitative estimate of drug-likeness (QED) is 0.870. The van der Waals surface area contributed by atoms with Crippen molar-refractivity contribution >= 4 is 33.0 Å². The van der Waals surface area contributed by atoms with Gasteiger partial charge in [0.25, 0.3) is 5.91 Å². The van der Waals surface area contributed by atoms with Gasteiger partial charge in [-0.3, -0.25) is 4.79 Å². The first-order chi connectivity index (χ1) is 9.08. The van der Waals surface area contributed by atoms with Crippen LogP contribution in [0, 0.1) is 5.82 Å². The normalized spacial score (nSPS) is 19.3. The van der Waals surface area contributed by atoms with E-state index >= 15 is 0 Å². The van der Waals surface area contributed by atoms with E-state index in [1.54, 1.807) is 6.07 Å². The molecule has 1 saturated heterocycles. The Hall–Kier alpha value is -1.62. The molecule has 1 fully saturated rings. The SMILES string of the molecule is CC1CCCN1C(=O)c1sc2ccc(F)cc2c1N. The number of halogens is 1. The lowest BCUT2D eigenvalue weighted by atomic mass is 10.2. The van der Waals surface area contributed by atoms with E-state index in [4.69, 9.17) is 5.73 Å². The molecule has 0 aliphatic carbocycles. The minimum absolute atomic E-state index is 0.0240. The van der Waals surface area contributed by atoms with Crippen LogP contribution in [0.3, 0.4) is 0 Å². The minimum Gasteiger partial charge on any atom is -0.397 e. The summed E-state index contributed by atoms with van der Waals surface area (Å²) in [6.07, 6.45) is 2.07. The van der Waals surface area contributed by atoms with Crippen molar-refractivity contribution in [2.75, 3.05) is 12.3 Å². The van der Waals surface area contributed by atoms with Crippen LogP contribution >= 0.6 is 11.3 Å². The second-order valence-corrected chi connectivity index (χ2v) is 6.03. The highest BCUT2D eigenvalue weighted by Crippen LogP contribution is 2.35. The summed E-state index contributed by atoms with van der Waals surface area (Å²) < 4.78 is 14.1. The Labute approximate surface area is 114 Å². The summed E-state index contributed by atoms with van der Waals surface area (Å²) in [5.74, 6) is -0.352. The van der Waals surface area contributed by atoms with Crippen LogP contribution in [0.5, 0.6) is 0 Å². The van der Waals surface area contributed by atoms with Crippen molar-refractivity contribution in [3.8, 4) is 0 Å². The van der Waals surface area contributed by atoms with E-state index in [9.17, 15) is 9.18 Å². The molecule has 1 aromatic heterocycles. The molecule has 2 heterocycles. The van der Waals surface area contributed by atoms with E-state index in [0.29, 0.717) is 16.0 Å². The number of nitrogens with two attached hydrogens (primary N) is 1. The molecule has 0 radical (unpaired) electrons. The first kappa shape index (κ1) is 12.4. The Kier molecular flexibility index (Phi) is 2.93. The maximum atomic E-state index is 13.2. The minimum atomic E-state index is -0.328. The number of rotatable bonds is 1. The first-order valence-electron chi connectivity index (χ1n) is 6.36. The number of hydrogen-bond donors (Lipinski definition) is 1. The number of thiophene rings is 1. The van der Waals surface area contributed by atoms with Crippen molar-refractivity contribution in [3.63, 3.8) is 0 Å². The average molecular weight is 278 g/mol. The lowest BCUT2D eigenvalue weighted by molar-refractivity contribution is 0.0753. The lowest BCUT2D eigenvalue weighted by Gasteiger charge is -2.20. The average Bonchev–Trinajstić information content (AvgIpc) is 2.94. The molecule has 100 valence electrons. The number of fused-ring (bicyclic) bond motifs is 1. The van der Waals surface area contributed by atoms with Gasteiger partial charge in [0.15, 0.2) is 0 Å². The predicted molar refractivity (Wildman–Crippen MR) is 75.9 cm³/mol. The largest absolute Gasteiger partial charge is 0.397 e. The van der Waals surface area contributed by atoms with E-state index in [2.05, 4.69) is 0 Å². The third-order valence-corrected chi connectivity index (χ3v) is 4.87. The highest BCUT2D eigenvalue weighted by atomic mass is 32.1. The van der Waals surface area contributed by atoms with Gasteiger partial charge in [-0.05, 0) is 38.0 Å². The molecule has 3 nitrogen and oxygen atoms in total. The van der Waals surface area contributed by atoms with Crippen molar-refractivity contribution < 1.29 is 9.18 Å². The van der Waals surface area contributed by atoms with Gasteiger partial charge in [0, 0.05) is 22.7 Å². The Morgan fingerprint density at radius 1 is 1.53 bits per heavy atom. The number of anilines is 1. The summed E-state index contributed by atoms with van der Waals surface area (Å²) in [5, 5.41) is 0.639. The van der Waals surface area contributed by atoms with Crippen molar-refractivity contribution in [3.05, 3.63) is 28.9 Å². The van der Waals surface area contributed by atoms with Gasteiger partial charge in [-0.25, -0.2) is 4.39 Å². The van der Waals surface area contributed by atoms with Gasteiger partial charge in [-0.15, -0.1) is 11.3 Å². The zero-order valence-electron chi connectivity index (χ0n) is 10.6. The Morgan fingerprint density at radius 3 is 3.00 bits per heavy atom. The van der Waals surface area contributed by atoms with Crippen LogP contribution in [0.4, 0.5) is 10.1 Å². The summed E-state index contributed by atoms with van der Waals surface area (Å²) in [6.45, 7) is 2.83. The van der Waals surface area contributed by atoms with Crippen LogP contribution in [-0.4, -0.2) is 23.4 Å². The van der Waals surface area contributed by atoms with Crippen molar-refractivity contribution in [2.45, 2.75) is 25.8 Å². The topological polar surface area (TPSA) is 46.3 Å². The van der Waals surface area contributed by atoms with Crippen molar-refractivity contribution in [1.29, 1.82) is 0 Å². The van der Waals surface area contributed by atoms with Gasteiger partial charge in [0.2, 0.25) is 0 Å². The summed E-state index contributed by atoms with van der Waals surface area (Å²) in [7, 11) is 0. The molecule has 1 atom stereocenters. The molecule has 0 bridgehead atoms. The fourth-order valence-electron chi connectivity index (χ4n) is 2.61. The zero-order chi connectivity index (χ0) is 13.6. The molecule has 19 heavy (non-hydrogen) atoms.